The maximum Gasteiger partial charge on any atom is 0.309 e. The fraction of sp³-hybridized carbons (Fsp3) is 0.417. The second-order valence-electron chi connectivity index (χ2n) is 4.68. The van der Waals surface area contributed by atoms with Crippen molar-refractivity contribution in [2.45, 2.75) is 26.4 Å². The molecule has 118 valence electrons. The molecule has 2 aromatic heterocycles. The van der Waals surface area contributed by atoms with E-state index in [4.69, 9.17) is 11.6 Å². The van der Waals surface area contributed by atoms with Crippen LogP contribution in [-0.2, 0) is 17.9 Å². The lowest BCUT2D eigenvalue weighted by Crippen LogP contribution is -2.29. The number of halogens is 1. The number of nitro groups is 1. The molecule has 0 saturated heterocycles. The van der Waals surface area contributed by atoms with Gasteiger partial charge in [0.2, 0.25) is 5.91 Å². The van der Waals surface area contributed by atoms with Gasteiger partial charge in [-0.25, -0.2) is 0 Å². The molecule has 22 heavy (non-hydrogen) atoms. The van der Waals surface area contributed by atoms with Gasteiger partial charge in [-0.3, -0.25) is 24.3 Å². The molecule has 0 spiro atoms. The number of carbonyl (C=O) groups excluding carboxylic acids is 1. The van der Waals surface area contributed by atoms with Crippen LogP contribution in [0.2, 0.25) is 5.02 Å². The summed E-state index contributed by atoms with van der Waals surface area (Å²) in [6.07, 6.45) is 5.20. The molecular weight excluding hydrogens is 312 g/mol. The summed E-state index contributed by atoms with van der Waals surface area (Å²) in [6, 6.07) is 0. The summed E-state index contributed by atoms with van der Waals surface area (Å²) in [7, 11) is 0. The monoisotopic (exact) mass is 326 g/mol. The topological polar surface area (TPSA) is 108 Å². The molecule has 0 fully saturated rings. The Morgan fingerprint density at radius 3 is 2.82 bits per heavy atom. The zero-order valence-corrected chi connectivity index (χ0v) is 12.7. The lowest BCUT2D eigenvalue weighted by atomic mass is 10.4. The molecule has 1 amide bonds. The standard InChI is InChI=1S/C12H15ClN6O3/c1-9-11(19(21)22)7-18(16-9)8-12(20)14-3-2-4-17-6-10(13)5-15-17/h5-7H,2-4,8H2,1H3,(H,14,20). The average Bonchev–Trinajstić information content (AvgIpc) is 3.01. The second-order valence-corrected chi connectivity index (χ2v) is 5.12. The second kappa shape index (κ2) is 7.03. The van der Waals surface area contributed by atoms with Gasteiger partial charge in [0.15, 0.2) is 0 Å². The predicted octanol–water partition coefficient (Wildman–Crippen LogP) is 1.16. The molecule has 10 heteroatoms. The zero-order valence-electron chi connectivity index (χ0n) is 11.9. The minimum Gasteiger partial charge on any atom is -0.354 e. The third-order valence-electron chi connectivity index (χ3n) is 2.91. The van der Waals surface area contributed by atoms with E-state index in [1.807, 2.05) is 0 Å². The third-order valence-corrected chi connectivity index (χ3v) is 3.11. The van der Waals surface area contributed by atoms with E-state index in [0.717, 1.165) is 0 Å². The number of nitrogens with one attached hydrogen (secondary N) is 1. The van der Waals surface area contributed by atoms with Crippen LogP contribution in [0.15, 0.2) is 18.6 Å². The number of rotatable bonds is 7. The molecular formula is C12H15ClN6O3. The van der Waals surface area contributed by atoms with Crippen molar-refractivity contribution in [3.8, 4) is 0 Å². The molecule has 2 aromatic rings. The Hall–Kier alpha value is -2.42. The highest BCUT2D eigenvalue weighted by atomic mass is 35.5. The Morgan fingerprint density at radius 1 is 1.45 bits per heavy atom. The Kier molecular flexibility index (Phi) is 5.10. The molecule has 0 bridgehead atoms. The summed E-state index contributed by atoms with van der Waals surface area (Å²) in [4.78, 5) is 21.9. The first-order chi connectivity index (χ1) is 10.5. The van der Waals surface area contributed by atoms with E-state index in [2.05, 4.69) is 15.5 Å². The smallest absolute Gasteiger partial charge is 0.309 e. The third kappa shape index (κ3) is 4.29. The van der Waals surface area contributed by atoms with E-state index >= 15 is 0 Å². The van der Waals surface area contributed by atoms with E-state index in [1.165, 1.54) is 17.8 Å². The van der Waals surface area contributed by atoms with Gasteiger partial charge in [-0.05, 0) is 13.3 Å². The zero-order chi connectivity index (χ0) is 16.1. The minimum atomic E-state index is -0.522. The number of hydrogen-bond acceptors (Lipinski definition) is 5. The van der Waals surface area contributed by atoms with Crippen molar-refractivity contribution in [3.05, 3.63) is 39.4 Å². The van der Waals surface area contributed by atoms with Gasteiger partial charge in [0, 0.05) is 19.3 Å². The van der Waals surface area contributed by atoms with Crippen LogP contribution >= 0.6 is 11.6 Å². The van der Waals surface area contributed by atoms with Crippen LogP contribution in [0.4, 0.5) is 5.69 Å². The van der Waals surface area contributed by atoms with Crippen LogP contribution < -0.4 is 5.32 Å². The number of carbonyl (C=O) groups is 1. The number of hydrogen-bond donors (Lipinski definition) is 1. The lowest BCUT2D eigenvalue weighted by molar-refractivity contribution is -0.385. The van der Waals surface area contributed by atoms with E-state index < -0.39 is 4.92 Å². The van der Waals surface area contributed by atoms with Gasteiger partial charge in [-0.2, -0.15) is 10.2 Å². The van der Waals surface area contributed by atoms with E-state index in [1.54, 1.807) is 17.1 Å². The molecule has 0 aliphatic heterocycles. The van der Waals surface area contributed by atoms with Crippen molar-refractivity contribution in [3.63, 3.8) is 0 Å². The van der Waals surface area contributed by atoms with Gasteiger partial charge in [0.25, 0.3) is 0 Å². The molecule has 0 unspecified atom stereocenters. The van der Waals surface area contributed by atoms with Gasteiger partial charge in [0.1, 0.15) is 18.4 Å². The Morgan fingerprint density at radius 2 is 2.23 bits per heavy atom. The Labute approximate surface area is 131 Å². The van der Waals surface area contributed by atoms with Crippen LogP contribution in [0.25, 0.3) is 0 Å². The normalized spacial score (nSPS) is 10.6. The Bertz CT molecular complexity index is 680. The van der Waals surface area contributed by atoms with Gasteiger partial charge >= 0.3 is 5.69 Å². The summed E-state index contributed by atoms with van der Waals surface area (Å²) >= 11 is 5.74. The fourth-order valence-electron chi connectivity index (χ4n) is 1.90. The van der Waals surface area contributed by atoms with Gasteiger partial charge in [-0.15, -0.1) is 0 Å². The molecule has 2 rings (SSSR count). The van der Waals surface area contributed by atoms with E-state index in [-0.39, 0.29) is 23.8 Å². The van der Waals surface area contributed by atoms with Crippen molar-refractivity contribution in [2.75, 3.05) is 6.54 Å². The average molecular weight is 327 g/mol. The van der Waals surface area contributed by atoms with Crippen molar-refractivity contribution < 1.29 is 9.72 Å². The van der Waals surface area contributed by atoms with E-state index in [9.17, 15) is 14.9 Å². The first kappa shape index (κ1) is 16.0. The summed E-state index contributed by atoms with van der Waals surface area (Å²) in [5.41, 5.74) is 0.191. The highest BCUT2D eigenvalue weighted by molar-refractivity contribution is 6.30. The Balaban J connectivity index is 1.73. The highest BCUT2D eigenvalue weighted by Gasteiger charge is 2.16. The molecule has 0 aromatic carbocycles. The van der Waals surface area contributed by atoms with Crippen LogP contribution in [0.5, 0.6) is 0 Å². The lowest BCUT2D eigenvalue weighted by Gasteiger charge is -2.05. The molecule has 0 aliphatic rings. The maximum atomic E-state index is 11.7. The van der Waals surface area contributed by atoms with Crippen LogP contribution in [0, 0.1) is 17.0 Å². The van der Waals surface area contributed by atoms with E-state index in [0.29, 0.717) is 24.5 Å². The van der Waals surface area contributed by atoms with Crippen LogP contribution in [0.1, 0.15) is 12.1 Å². The van der Waals surface area contributed by atoms with Crippen LogP contribution in [-0.4, -0.2) is 36.9 Å². The highest BCUT2D eigenvalue weighted by Crippen LogP contribution is 2.14. The summed E-state index contributed by atoms with van der Waals surface area (Å²) in [5.74, 6) is -0.254. The molecule has 9 nitrogen and oxygen atoms in total. The van der Waals surface area contributed by atoms with Crippen molar-refractivity contribution >= 4 is 23.2 Å². The number of aryl methyl sites for hydroxylation is 2. The van der Waals surface area contributed by atoms with Gasteiger partial charge < -0.3 is 5.32 Å². The maximum absolute atomic E-state index is 11.7. The summed E-state index contributed by atoms with van der Waals surface area (Å²) in [5, 5.41) is 22.0. The fourth-order valence-corrected chi connectivity index (χ4v) is 2.06. The minimum absolute atomic E-state index is 0.0533. The number of aromatic nitrogens is 4. The molecule has 2 heterocycles. The molecule has 0 atom stereocenters. The van der Waals surface area contributed by atoms with Gasteiger partial charge in [0.05, 0.1) is 16.1 Å². The molecule has 0 saturated carbocycles. The SMILES string of the molecule is Cc1nn(CC(=O)NCCCn2cc(Cl)cn2)cc1[N+](=O)[O-]. The van der Waals surface area contributed by atoms with Crippen molar-refractivity contribution in [2.24, 2.45) is 0 Å². The molecule has 0 radical (unpaired) electrons. The van der Waals surface area contributed by atoms with Crippen molar-refractivity contribution in [1.29, 1.82) is 0 Å². The quantitative estimate of drug-likeness (QED) is 0.466. The summed E-state index contributed by atoms with van der Waals surface area (Å²) in [6.45, 7) is 2.59. The molecule has 0 aliphatic carbocycles. The van der Waals surface area contributed by atoms with Crippen molar-refractivity contribution in [1.82, 2.24) is 24.9 Å². The predicted molar refractivity (Wildman–Crippen MR) is 78.5 cm³/mol. The van der Waals surface area contributed by atoms with Crippen LogP contribution in [0.3, 0.4) is 0 Å². The number of nitrogens with zero attached hydrogens (tertiary/aromatic N) is 5. The first-order valence-electron chi connectivity index (χ1n) is 6.59. The summed E-state index contributed by atoms with van der Waals surface area (Å²) < 4.78 is 2.95. The number of amides is 1. The van der Waals surface area contributed by atoms with Gasteiger partial charge in [-0.1, -0.05) is 11.6 Å². The first-order valence-corrected chi connectivity index (χ1v) is 6.96. The molecule has 1 N–H and O–H groups in total. The largest absolute Gasteiger partial charge is 0.354 e.